The second-order valence-corrected chi connectivity index (χ2v) is 34.9. The summed E-state index contributed by atoms with van der Waals surface area (Å²) in [5.41, 5.74) is -17.3. The third-order valence-electron chi connectivity index (χ3n) is 24.0. The van der Waals surface area contributed by atoms with Gasteiger partial charge in [0, 0.05) is 113 Å². The first-order chi connectivity index (χ1) is 67.6. The molecule has 3 aromatic carbocycles. The molecule has 0 saturated carbocycles. The van der Waals surface area contributed by atoms with Gasteiger partial charge in [0.05, 0.1) is 100 Å². The average molecular weight is 2070 g/mol. The number of benzene rings is 3. The summed E-state index contributed by atoms with van der Waals surface area (Å²) in [6.45, 7) is 27.6. The fraction of sp³-hybridized carbons (Fsp3) is 0.281. The first-order valence-electron chi connectivity index (χ1n) is 43.0. The largest absolute Gasteiger partial charge is 0.504 e. The van der Waals surface area contributed by atoms with Crippen molar-refractivity contribution in [1.29, 1.82) is 15.8 Å². The summed E-state index contributed by atoms with van der Waals surface area (Å²) in [6, 6.07) is 13.7. The average Bonchev–Trinajstić information content (AvgIpc) is 0.723. The SMILES string of the molecule is C=CC(=O)N1CCN(c2c(C#N)c(=O)n(-c3c(C)ccnc3C(C)C)c3nc(-c4c(O)c(F)c(F)c(C(F)(F)F)c4F)c(Cl)cc23)CC1.C=CC(=O)N1CCN(c2c(C#N)c(=O)n(-c3c(C)ccnc3C(C)C)c3nc(-c4c(O)c(F)c(F)c(C(F)(F)F)c4F)c(Cl)cc23)CC1.C=CC(=O)N1CCN(c2c(C#N)c(=O)n(-c3c(C)ccnc3C(C)C)c3nc(-c4c(O)c(F)c(F)c(C(F)(F)F)c4F)c(Cl)cc23)CC1. The van der Waals surface area contributed by atoms with Gasteiger partial charge in [-0.05, 0) is 110 Å². The number of amides is 3. The van der Waals surface area contributed by atoms with Gasteiger partial charge in [-0.25, -0.2) is 41.3 Å². The molecular formula is C96H75Cl3F18N18O9. The number of aryl methyl sites for hydroxylation is 3. The van der Waals surface area contributed by atoms with Gasteiger partial charge in [-0.15, -0.1) is 0 Å². The fourth-order valence-corrected chi connectivity index (χ4v) is 18.0. The number of nitrogens with zero attached hydrogens (tertiary/aromatic N) is 18. The Bertz CT molecular complexity index is 7070. The lowest BCUT2D eigenvalue weighted by molar-refractivity contribution is -0.143. The van der Waals surface area contributed by atoms with Gasteiger partial charge in [0.15, 0.2) is 52.2 Å². The van der Waals surface area contributed by atoms with E-state index in [1.807, 2.05) is 18.2 Å². The molecule has 144 heavy (non-hydrogen) atoms. The maximum absolute atomic E-state index is 15.5. The van der Waals surface area contributed by atoms with Crippen molar-refractivity contribution in [3.63, 3.8) is 0 Å². The van der Waals surface area contributed by atoms with Crippen molar-refractivity contribution in [3.8, 4) is 86.3 Å². The van der Waals surface area contributed by atoms with E-state index in [0.29, 0.717) is 33.8 Å². The molecule has 3 amide bonds. The monoisotopic (exact) mass is 2070 g/mol. The highest BCUT2D eigenvalue weighted by Gasteiger charge is 2.48. The third-order valence-corrected chi connectivity index (χ3v) is 24.9. The van der Waals surface area contributed by atoms with E-state index in [-0.39, 0.29) is 198 Å². The van der Waals surface area contributed by atoms with Crippen LogP contribution in [0, 0.1) is 107 Å². The second-order valence-electron chi connectivity index (χ2n) is 33.7. The summed E-state index contributed by atoms with van der Waals surface area (Å²) in [6.07, 6.45) is -9.34. The highest BCUT2D eigenvalue weighted by atomic mass is 35.5. The van der Waals surface area contributed by atoms with E-state index >= 15 is 13.2 Å². The van der Waals surface area contributed by atoms with Crippen LogP contribution in [0.3, 0.4) is 0 Å². The first-order valence-corrected chi connectivity index (χ1v) is 44.1. The molecular weight excluding hydrogens is 2000 g/mol. The van der Waals surface area contributed by atoms with Gasteiger partial charge >= 0.3 is 18.5 Å². The summed E-state index contributed by atoms with van der Waals surface area (Å²) < 4.78 is 260. The van der Waals surface area contributed by atoms with Crippen molar-refractivity contribution in [2.75, 3.05) is 93.2 Å². The molecule has 0 atom stereocenters. The topological polar surface area (TPSA) is 346 Å². The molecule has 48 heteroatoms. The van der Waals surface area contributed by atoms with Crippen LogP contribution >= 0.6 is 34.8 Å². The van der Waals surface area contributed by atoms with Gasteiger partial charge in [-0.3, -0.25) is 57.4 Å². The Balaban J connectivity index is 0.000000181. The van der Waals surface area contributed by atoms with Crippen molar-refractivity contribution in [2.45, 2.75) is 98.6 Å². The van der Waals surface area contributed by atoms with Crippen LogP contribution in [-0.4, -0.2) is 170 Å². The number of fused-ring (bicyclic) bond motifs is 3. The van der Waals surface area contributed by atoms with Gasteiger partial charge in [0.1, 0.15) is 68.5 Å². The number of aromatic hydroxyl groups is 3. The van der Waals surface area contributed by atoms with Crippen molar-refractivity contribution >= 4 is 103 Å². The fourth-order valence-electron chi connectivity index (χ4n) is 17.3. The molecule has 12 aromatic rings. The number of alkyl halides is 9. The maximum Gasteiger partial charge on any atom is 0.422 e. The summed E-state index contributed by atoms with van der Waals surface area (Å²) in [4.78, 5) is 115. The Hall–Kier alpha value is -15.3. The number of piperazine rings is 3. The van der Waals surface area contributed by atoms with Crippen LogP contribution in [0.2, 0.25) is 15.1 Å². The van der Waals surface area contributed by atoms with Crippen molar-refractivity contribution in [1.82, 2.24) is 58.3 Å². The van der Waals surface area contributed by atoms with E-state index in [9.17, 15) is 126 Å². The number of hydrogen-bond donors (Lipinski definition) is 3. The Kier molecular flexibility index (Phi) is 29.9. The van der Waals surface area contributed by atoms with Crippen LogP contribution < -0.4 is 31.4 Å². The van der Waals surface area contributed by atoms with Crippen LogP contribution in [-0.2, 0) is 32.9 Å². The summed E-state index contributed by atoms with van der Waals surface area (Å²) in [7, 11) is 0. The molecule has 3 aliphatic heterocycles. The number of hydrogen-bond acceptors (Lipinski definition) is 21. The minimum absolute atomic E-state index is 0.000108. The van der Waals surface area contributed by atoms with Gasteiger partial charge in [-0.2, -0.15) is 68.5 Å². The van der Waals surface area contributed by atoms with Gasteiger partial charge in [0.25, 0.3) is 16.7 Å². The van der Waals surface area contributed by atoms with Gasteiger partial charge in [-0.1, -0.05) is 96.1 Å². The molecule has 750 valence electrons. The maximum atomic E-state index is 15.5. The zero-order valence-electron chi connectivity index (χ0n) is 76.5. The number of rotatable bonds is 15. The van der Waals surface area contributed by atoms with Crippen LogP contribution in [0.4, 0.5) is 96.1 Å². The van der Waals surface area contributed by atoms with Crippen LogP contribution in [0.5, 0.6) is 17.2 Å². The van der Waals surface area contributed by atoms with Crippen LogP contribution in [0.1, 0.15) is 126 Å². The molecule has 3 fully saturated rings. The number of carbonyl (C=O) groups excluding carboxylic acids is 3. The normalized spacial score (nSPS) is 13.7. The number of phenolic OH excluding ortho intramolecular Hbond substituents is 3. The highest BCUT2D eigenvalue weighted by Crippen LogP contribution is 2.52. The predicted octanol–water partition coefficient (Wildman–Crippen LogP) is 19.1. The number of aromatic nitrogens is 9. The minimum Gasteiger partial charge on any atom is -0.504 e. The van der Waals surface area contributed by atoms with Crippen LogP contribution in [0.15, 0.2) is 107 Å². The van der Waals surface area contributed by atoms with E-state index in [1.165, 1.54) is 33.3 Å². The van der Waals surface area contributed by atoms with Gasteiger partial charge in [0.2, 0.25) is 35.2 Å². The molecule has 0 aliphatic carbocycles. The number of anilines is 3. The number of pyridine rings is 9. The second kappa shape index (κ2) is 40.6. The standard InChI is InChI=1S/3C32H25ClF6N6O3/c3*1-5-19(46)43-8-10-44(11-9-43)28-16-12-18(33)26(20-22(34)21(32(37,38)39)23(35)24(36)29(20)47)42-30(16)45(31(48)17(28)13-40)27-15(4)6-7-41-25(27)14(2)3/h3*5-7,12,14,47H,1,8-11H2,2-4H3. The molecule has 9 aromatic heterocycles. The molecule has 3 saturated heterocycles. The zero-order chi connectivity index (χ0) is 106. The predicted molar refractivity (Wildman–Crippen MR) is 494 cm³/mol. The van der Waals surface area contributed by atoms with Crippen molar-refractivity contribution in [2.24, 2.45) is 0 Å². The summed E-state index contributed by atoms with van der Waals surface area (Å²) >= 11 is 19.4. The van der Waals surface area contributed by atoms with E-state index in [1.54, 1.807) is 95.2 Å². The molecule has 15 rings (SSSR count). The molecule has 3 aliphatic rings. The molecule has 27 nitrogen and oxygen atoms in total. The molecule has 0 spiro atoms. The highest BCUT2D eigenvalue weighted by molar-refractivity contribution is 6.35. The quantitative estimate of drug-likeness (QED) is 0.0487. The van der Waals surface area contributed by atoms with E-state index in [2.05, 4.69) is 49.6 Å². The minimum atomic E-state index is -5.73. The van der Waals surface area contributed by atoms with Crippen LogP contribution in [0.25, 0.3) is 83.9 Å². The number of nitriles is 3. The van der Waals surface area contributed by atoms with E-state index in [4.69, 9.17) is 34.8 Å². The summed E-state index contributed by atoms with van der Waals surface area (Å²) in [5, 5.41) is 60.4. The Labute approximate surface area is 818 Å². The summed E-state index contributed by atoms with van der Waals surface area (Å²) in [5.74, 6) is -29.9. The van der Waals surface area contributed by atoms with Crippen molar-refractivity contribution in [3.05, 3.63) is 259 Å². The third kappa shape index (κ3) is 18.8. The first kappa shape index (κ1) is 106. The molecule has 3 N–H and O–H groups in total. The Morgan fingerprint density at radius 1 is 0.375 bits per heavy atom. The number of halogens is 21. The molecule has 0 unspecified atom stereocenters. The zero-order valence-corrected chi connectivity index (χ0v) is 78.8. The molecule has 0 bridgehead atoms. The lowest BCUT2D eigenvalue weighted by Crippen LogP contribution is -2.49. The van der Waals surface area contributed by atoms with E-state index < -0.39 is 170 Å². The lowest BCUT2D eigenvalue weighted by Gasteiger charge is -2.36. The van der Waals surface area contributed by atoms with Gasteiger partial charge < -0.3 is 44.7 Å². The molecule has 0 radical (unpaired) electrons. The lowest BCUT2D eigenvalue weighted by atomic mass is 10.0. The Morgan fingerprint density at radius 2 is 0.590 bits per heavy atom. The molecule has 12 heterocycles. The number of carbonyl (C=O) groups is 3. The number of phenols is 3. The Morgan fingerprint density at radius 3 is 0.778 bits per heavy atom. The smallest absolute Gasteiger partial charge is 0.422 e. The van der Waals surface area contributed by atoms with E-state index in [0.717, 1.165) is 50.1 Å². The van der Waals surface area contributed by atoms with Crippen molar-refractivity contribution < 1.29 is 109 Å².